The summed E-state index contributed by atoms with van der Waals surface area (Å²) in [4.78, 5) is 0. The molecule has 0 spiro atoms. The Morgan fingerprint density at radius 2 is 1.68 bits per heavy atom. The van der Waals surface area contributed by atoms with Crippen molar-refractivity contribution in [2.24, 2.45) is 5.92 Å². The van der Waals surface area contributed by atoms with Gasteiger partial charge in [-0.1, -0.05) is 19.8 Å². The highest BCUT2D eigenvalue weighted by atomic mass is 19.1. The van der Waals surface area contributed by atoms with Crippen molar-refractivity contribution >= 4 is 0 Å². The largest absolute Gasteiger partial charge is 0.491 e. The molecule has 1 saturated carbocycles. The molecular formula is C16H22F2O. The van der Waals surface area contributed by atoms with E-state index in [1.54, 1.807) is 0 Å². The van der Waals surface area contributed by atoms with E-state index in [-0.39, 0.29) is 5.75 Å². The molecule has 2 rings (SSSR count). The molecule has 0 bridgehead atoms. The van der Waals surface area contributed by atoms with Crippen molar-refractivity contribution in [1.82, 2.24) is 0 Å². The molecule has 0 atom stereocenters. The van der Waals surface area contributed by atoms with Gasteiger partial charge in [0.15, 0.2) is 17.4 Å². The molecule has 0 saturated heterocycles. The summed E-state index contributed by atoms with van der Waals surface area (Å²) < 4.78 is 32.1. The van der Waals surface area contributed by atoms with E-state index in [4.69, 9.17) is 4.74 Å². The molecule has 1 aliphatic carbocycles. The lowest BCUT2D eigenvalue weighted by Crippen LogP contribution is -2.13. The van der Waals surface area contributed by atoms with Crippen molar-refractivity contribution in [1.29, 1.82) is 0 Å². The monoisotopic (exact) mass is 268 g/mol. The zero-order valence-electron chi connectivity index (χ0n) is 11.7. The van der Waals surface area contributed by atoms with Crippen LogP contribution in [-0.2, 0) is 0 Å². The van der Waals surface area contributed by atoms with Crippen LogP contribution in [0.25, 0.3) is 0 Å². The van der Waals surface area contributed by atoms with E-state index in [2.05, 4.69) is 6.92 Å². The van der Waals surface area contributed by atoms with Crippen LogP contribution in [0.2, 0.25) is 0 Å². The van der Waals surface area contributed by atoms with Gasteiger partial charge in [0.05, 0.1) is 7.11 Å². The molecule has 1 aromatic rings. The minimum Gasteiger partial charge on any atom is -0.491 e. The van der Waals surface area contributed by atoms with Crippen molar-refractivity contribution in [2.75, 3.05) is 7.11 Å². The normalized spacial score (nSPS) is 23.4. The Morgan fingerprint density at radius 3 is 2.16 bits per heavy atom. The number of hydrogen-bond acceptors (Lipinski definition) is 1. The van der Waals surface area contributed by atoms with E-state index in [9.17, 15) is 8.78 Å². The lowest BCUT2D eigenvalue weighted by Gasteiger charge is -2.28. The molecule has 1 fully saturated rings. The molecular weight excluding hydrogens is 246 g/mol. The van der Waals surface area contributed by atoms with Crippen LogP contribution in [0.1, 0.15) is 56.9 Å². The third-order valence-corrected chi connectivity index (χ3v) is 4.24. The van der Waals surface area contributed by atoms with Crippen LogP contribution in [0.15, 0.2) is 12.1 Å². The molecule has 0 radical (unpaired) electrons. The summed E-state index contributed by atoms with van der Waals surface area (Å²) in [7, 11) is 1.29. The number of methoxy groups -OCH3 is 1. The molecule has 1 aliphatic rings. The quantitative estimate of drug-likeness (QED) is 0.742. The smallest absolute Gasteiger partial charge is 0.190 e. The Morgan fingerprint density at radius 1 is 1.11 bits per heavy atom. The van der Waals surface area contributed by atoms with Crippen LogP contribution in [0.5, 0.6) is 5.75 Å². The average molecular weight is 268 g/mol. The van der Waals surface area contributed by atoms with Crippen molar-refractivity contribution in [3.63, 3.8) is 0 Å². The SMILES string of the molecule is CCCC1CCC(c2cc(F)c(OC)c(F)c2)CC1. The van der Waals surface area contributed by atoms with Gasteiger partial charge in [-0.3, -0.25) is 0 Å². The molecule has 0 heterocycles. The van der Waals surface area contributed by atoms with Crippen LogP contribution in [-0.4, -0.2) is 7.11 Å². The summed E-state index contributed by atoms with van der Waals surface area (Å²) in [6, 6.07) is 2.87. The Kier molecular flexibility index (Phi) is 4.78. The van der Waals surface area contributed by atoms with E-state index in [0.717, 1.165) is 24.3 Å². The first-order chi connectivity index (χ1) is 9.15. The second-order valence-corrected chi connectivity index (χ2v) is 5.52. The fraction of sp³-hybridized carbons (Fsp3) is 0.625. The van der Waals surface area contributed by atoms with Gasteiger partial charge in [0, 0.05) is 0 Å². The van der Waals surface area contributed by atoms with Gasteiger partial charge in [0.2, 0.25) is 0 Å². The zero-order valence-corrected chi connectivity index (χ0v) is 11.7. The topological polar surface area (TPSA) is 9.23 Å². The van der Waals surface area contributed by atoms with Gasteiger partial charge < -0.3 is 4.74 Å². The maximum atomic E-state index is 13.7. The summed E-state index contributed by atoms with van der Waals surface area (Å²) in [5, 5.41) is 0. The summed E-state index contributed by atoms with van der Waals surface area (Å²) in [5.41, 5.74) is 0.783. The molecule has 0 aromatic heterocycles. The number of benzene rings is 1. The third-order valence-electron chi connectivity index (χ3n) is 4.24. The van der Waals surface area contributed by atoms with Crippen molar-refractivity contribution in [3.05, 3.63) is 29.3 Å². The van der Waals surface area contributed by atoms with Gasteiger partial charge in [-0.15, -0.1) is 0 Å². The Bertz CT molecular complexity index is 400. The minimum absolute atomic E-state index is 0.275. The highest BCUT2D eigenvalue weighted by Crippen LogP contribution is 2.39. The Balaban J connectivity index is 2.07. The molecule has 106 valence electrons. The maximum Gasteiger partial charge on any atom is 0.190 e. The standard InChI is InChI=1S/C16H22F2O/c1-3-4-11-5-7-12(8-6-11)13-9-14(17)16(19-2)15(18)10-13/h9-12H,3-8H2,1-2H3. The predicted octanol–water partition coefficient (Wildman–Crippen LogP) is 5.05. The van der Waals surface area contributed by atoms with Gasteiger partial charge in [0.25, 0.3) is 0 Å². The van der Waals surface area contributed by atoms with E-state index in [1.165, 1.54) is 44.9 Å². The zero-order chi connectivity index (χ0) is 13.8. The molecule has 0 unspecified atom stereocenters. The molecule has 0 amide bonds. The van der Waals surface area contributed by atoms with Crippen molar-refractivity contribution in [2.45, 2.75) is 51.4 Å². The highest BCUT2D eigenvalue weighted by Gasteiger charge is 2.23. The van der Waals surface area contributed by atoms with E-state index in [1.807, 2.05) is 0 Å². The lowest BCUT2D eigenvalue weighted by molar-refractivity contribution is 0.306. The fourth-order valence-corrected chi connectivity index (χ4v) is 3.20. The van der Waals surface area contributed by atoms with Crippen molar-refractivity contribution < 1.29 is 13.5 Å². The summed E-state index contributed by atoms with van der Waals surface area (Å²) in [5.74, 6) is -0.359. The van der Waals surface area contributed by atoms with Gasteiger partial charge in [-0.2, -0.15) is 0 Å². The van der Waals surface area contributed by atoms with E-state index < -0.39 is 11.6 Å². The van der Waals surface area contributed by atoms with E-state index in [0.29, 0.717) is 5.92 Å². The third kappa shape index (κ3) is 3.26. The fourth-order valence-electron chi connectivity index (χ4n) is 3.20. The first-order valence-corrected chi connectivity index (χ1v) is 7.18. The Labute approximate surface area is 114 Å². The second kappa shape index (κ2) is 6.36. The van der Waals surface area contributed by atoms with E-state index >= 15 is 0 Å². The number of ether oxygens (including phenoxy) is 1. The van der Waals surface area contributed by atoms with Crippen LogP contribution < -0.4 is 4.74 Å². The average Bonchev–Trinajstić information content (AvgIpc) is 2.39. The van der Waals surface area contributed by atoms with Gasteiger partial charge >= 0.3 is 0 Å². The predicted molar refractivity (Wildman–Crippen MR) is 72.5 cm³/mol. The van der Waals surface area contributed by atoms with Crippen LogP contribution in [0.4, 0.5) is 8.78 Å². The molecule has 0 aliphatic heterocycles. The number of rotatable bonds is 4. The summed E-state index contributed by atoms with van der Waals surface area (Å²) in [6.45, 7) is 2.21. The number of halogens is 2. The van der Waals surface area contributed by atoms with Crippen LogP contribution in [0.3, 0.4) is 0 Å². The molecule has 3 heteroatoms. The maximum absolute atomic E-state index is 13.7. The summed E-state index contributed by atoms with van der Waals surface area (Å²) in [6.07, 6.45) is 6.92. The number of hydrogen-bond donors (Lipinski definition) is 0. The van der Waals surface area contributed by atoms with Crippen LogP contribution >= 0.6 is 0 Å². The summed E-state index contributed by atoms with van der Waals surface area (Å²) >= 11 is 0. The van der Waals surface area contributed by atoms with Crippen molar-refractivity contribution in [3.8, 4) is 5.75 Å². The first-order valence-electron chi connectivity index (χ1n) is 7.18. The Hall–Kier alpha value is -1.12. The highest BCUT2D eigenvalue weighted by molar-refractivity contribution is 5.33. The molecule has 19 heavy (non-hydrogen) atoms. The lowest BCUT2D eigenvalue weighted by atomic mass is 9.77. The molecule has 0 N–H and O–H groups in total. The van der Waals surface area contributed by atoms with Gasteiger partial charge in [-0.05, 0) is 55.2 Å². The minimum atomic E-state index is -0.590. The first kappa shape index (κ1) is 14.3. The van der Waals surface area contributed by atoms with Crippen LogP contribution in [0, 0.1) is 17.6 Å². The second-order valence-electron chi connectivity index (χ2n) is 5.52. The molecule has 1 aromatic carbocycles. The van der Waals surface area contributed by atoms with Gasteiger partial charge in [-0.25, -0.2) is 8.78 Å². The van der Waals surface area contributed by atoms with Gasteiger partial charge in [0.1, 0.15) is 0 Å². The molecule has 1 nitrogen and oxygen atoms in total.